The van der Waals surface area contributed by atoms with Crippen LogP contribution >= 0.6 is 23.4 Å². The standard InChI is InChI=1S/C19H21ClN2OS/c1-13(2)16-6-4-15(5-7-16)12-21-22-19(23)14(3)24-18-10-8-17(20)9-11-18/h4-14H,1-3H3,(H,22,23)/b21-12-/t14-/m1/s1. The van der Waals surface area contributed by atoms with Gasteiger partial charge in [-0.3, -0.25) is 4.79 Å². The molecule has 0 radical (unpaired) electrons. The maximum absolute atomic E-state index is 12.1. The van der Waals surface area contributed by atoms with Gasteiger partial charge in [-0.05, 0) is 48.2 Å². The number of rotatable bonds is 6. The Labute approximate surface area is 152 Å². The normalized spacial score (nSPS) is 12.5. The van der Waals surface area contributed by atoms with Crippen molar-refractivity contribution in [2.75, 3.05) is 0 Å². The van der Waals surface area contributed by atoms with Crippen molar-refractivity contribution in [1.82, 2.24) is 5.43 Å². The van der Waals surface area contributed by atoms with Crippen molar-refractivity contribution in [2.45, 2.75) is 36.8 Å². The van der Waals surface area contributed by atoms with Crippen LogP contribution in [0.1, 0.15) is 37.8 Å². The topological polar surface area (TPSA) is 41.5 Å². The maximum Gasteiger partial charge on any atom is 0.253 e. The summed E-state index contributed by atoms with van der Waals surface area (Å²) in [5.74, 6) is 0.367. The Morgan fingerprint density at radius 1 is 1.08 bits per heavy atom. The van der Waals surface area contributed by atoms with E-state index in [4.69, 9.17) is 11.6 Å². The minimum Gasteiger partial charge on any atom is -0.272 e. The quantitative estimate of drug-likeness (QED) is 0.442. The zero-order valence-electron chi connectivity index (χ0n) is 14.0. The first-order valence-corrected chi connectivity index (χ1v) is 9.06. The largest absolute Gasteiger partial charge is 0.272 e. The second-order valence-corrected chi connectivity index (χ2v) is 7.62. The molecule has 1 atom stereocenters. The van der Waals surface area contributed by atoms with Crippen LogP contribution in [0.2, 0.25) is 5.02 Å². The molecule has 5 heteroatoms. The third kappa shape index (κ3) is 5.69. The number of hydrogen-bond donors (Lipinski definition) is 1. The highest BCUT2D eigenvalue weighted by Crippen LogP contribution is 2.24. The molecular formula is C19H21ClN2OS. The summed E-state index contributed by atoms with van der Waals surface area (Å²) in [5.41, 5.74) is 4.82. The van der Waals surface area contributed by atoms with Crippen molar-refractivity contribution < 1.29 is 4.79 Å². The lowest BCUT2D eigenvalue weighted by Crippen LogP contribution is -2.26. The van der Waals surface area contributed by atoms with E-state index in [0.29, 0.717) is 10.9 Å². The average molecular weight is 361 g/mol. The number of benzene rings is 2. The van der Waals surface area contributed by atoms with Gasteiger partial charge in [0.1, 0.15) is 0 Å². The maximum atomic E-state index is 12.1. The fourth-order valence-electron chi connectivity index (χ4n) is 2.00. The number of hydrogen-bond acceptors (Lipinski definition) is 3. The van der Waals surface area contributed by atoms with Gasteiger partial charge >= 0.3 is 0 Å². The van der Waals surface area contributed by atoms with Crippen LogP contribution in [-0.4, -0.2) is 17.4 Å². The monoisotopic (exact) mass is 360 g/mol. The molecular weight excluding hydrogens is 340 g/mol. The summed E-state index contributed by atoms with van der Waals surface area (Å²) in [5, 5.41) is 4.47. The molecule has 0 aliphatic heterocycles. The summed E-state index contributed by atoms with van der Waals surface area (Å²) in [7, 11) is 0. The number of hydrazone groups is 1. The van der Waals surface area contributed by atoms with E-state index >= 15 is 0 Å². The van der Waals surface area contributed by atoms with Gasteiger partial charge in [-0.15, -0.1) is 11.8 Å². The molecule has 0 saturated carbocycles. The van der Waals surface area contributed by atoms with Gasteiger partial charge in [0.25, 0.3) is 5.91 Å². The Hall–Kier alpha value is -1.78. The molecule has 0 heterocycles. The summed E-state index contributed by atoms with van der Waals surface area (Å²) < 4.78 is 0. The third-order valence-electron chi connectivity index (χ3n) is 3.49. The fraction of sp³-hybridized carbons (Fsp3) is 0.263. The number of thioether (sulfide) groups is 1. The van der Waals surface area contributed by atoms with E-state index < -0.39 is 0 Å². The van der Waals surface area contributed by atoms with Crippen LogP contribution in [0.5, 0.6) is 0 Å². The van der Waals surface area contributed by atoms with Crippen LogP contribution in [0, 0.1) is 0 Å². The van der Waals surface area contributed by atoms with E-state index in [9.17, 15) is 4.79 Å². The summed E-state index contributed by atoms with van der Waals surface area (Å²) in [6.45, 7) is 6.16. The predicted octanol–water partition coefficient (Wildman–Crippen LogP) is 5.09. The highest BCUT2D eigenvalue weighted by atomic mass is 35.5. The molecule has 24 heavy (non-hydrogen) atoms. The number of amides is 1. The lowest BCUT2D eigenvalue weighted by molar-refractivity contribution is -0.120. The van der Waals surface area contributed by atoms with Crippen molar-refractivity contribution in [3.8, 4) is 0 Å². The Kier molecular flexibility index (Phi) is 6.88. The van der Waals surface area contributed by atoms with Crippen molar-refractivity contribution in [1.29, 1.82) is 0 Å². The highest BCUT2D eigenvalue weighted by Gasteiger charge is 2.13. The molecule has 0 aliphatic rings. The Morgan fingerprint density at radius 3 is 2.29 bits per heavy atom. The number of nitrogens with one attached hydrogen (secondary N) is 1. The van der Waals surface area contributed by atoms with E-state index in [-0.39, 0.29) is 11.2 Å². The number of halogens is 1. The SMILES string of the molecule is CC(C)c1ccc(/C=N\NC(=O)[C@@H](C)Sc2ccc(Cl)cc2)cc1. The Balaban J connectivity index is 1.86. The molecule has 2 aromatic rings. The van der Waals surface area contributed by atoms with E-state index in [0.717, 1.165) is 10.5 Å². The van der Waals surface area contributed by atoms with Gasteiger partial charge in [0.15, 0.2) is 0 Å². The summed E-state index contributed by atoms with van der Waals surface area (Å²) in [6, 6.07) is 15.6. The lowest BCUT2D eigenvalue weighted by atomic mass is 10.0. The van der Waals surface area contributed by atoms with Crippen LogP contribution < -0.4 is 5.43 Å². The molecule has 0 bridgehead atoms. The molecule has 3 nitrogen and oxygen atoms in total. The molecule has 2 rings (SSSR count). The molecule has 0 spiro atoms. The third-order valence-corrected chi connectivity index (χ3v) is 4.85. The van der Waals surface area contributed by atoms with Crippen LogP contribution in [0.3, 0.4) is 0 Å². The highest BCUT2D eigenvalue weighted by molar-refractivity contribution is 8.00. The van der Waals surface area contributed by atoms with Gasteiger partial charge in [-0.25, -0.2) is 5.43 Å². The van der Waals surface area contributed by atoms with Gasteiger partial charge in [0, 0.05) is 9.92 Å². The van der Waals surface area contributed by atoms with Crippen molar-refractivity contribution >= 4 is 35.5 Å². The van der Waals surface area contributed by atoms with Crippen molar-refractivity contribution in [3.63, 3.8) is 0 Å². The lowest BCUT2D eigenvalue weighted by Gasteiger charge is -2.09. The molecule has 0 aromatic heterocycles. The fourth-order valence-corrected chi connectivity index (χ4v) is 2.99. The number of nitrogens with zero attached hydrogens (tertiary/aromatic N) is 1. The second-order valence-electron chi connectivity index (χ2n) is 5.77. The van der Waals surface area contributed by atoms with Gasteiger partial charge in [-0.1, -0.05) is 49.7 Å². The molecule has 1 amide bonds. The van der Waals surface area contributed by atoms with Gasteiger partial charge < -0.3 is 0 Å². The molecule has 0 aliphatic carbocycles. The van der Waals surface area contributed by atoms with E-state index in [2.05, 4.69) is 36.5 Å². The number of carbonyl (C=O) groups is 1. The minimum absolute atomic E-state index is 0.134. The van der Waals surface area contributed by atoms with Gasteiger partial charge in [0.2, 0.25) is 0 Å². The van der Waals surface area contributed by atoms with E-state index in [1.165, 1.54) is 17.3 Å². The van der Waals surface area contributed by atoms with Gasteiger partial charge in [-0.2, -0.15) is 5.10 Å². The molecule has 0 unspecified atom stereocenters. The zero-order valence-corrected chi connectivity index (χ0v) is 15.6. The molecule has 2 aromatic carbocycles. The average Bonchev–Trinajstić information content (AvgIpc) is 2.57. The molecule has 126 valence electrons. The first-order valence-electron chi connectivity index (χ1n) is 7.81. The summed E-state index contributed by atoms with van der Waals surface area (Å²) in [6.07, 6.45) is 1.65. The number of carbonyl (C=O) groups excluding carboxylic acids is 1. The van der Waals surface area contributed by atoms with Gasteiger partial charge in [0.05, 0.1) is 11.5 Å². The predicted molar refractivity (Wildman–Crippen MR) is 103 cm³/mol. The zero-order chi connectivity index (χ0) is 17.5. The smallest absolute Gasteiger partial charge is 0.253 e. The minimum atomic E-state index is -0.244. The summed E-state index contributed by atoms with van der Waals surface area (Å²) >= 11 is 7.32. The Morgan fingerprint density at radius 2 is 1.71 bits per heavy atom. The van der Waals surface area contributed by atoms with Crippen LogP contribution in [0.15, 0.2) is 58.5 Å². The molecule has 1 N–H and O–H groups in total. The molecule has 0 saturated heterocycles. The first kappa shape index (κ1) is 18.6. The van der Waals surface area contributed by atoms with Crippen molar-refractivity contribution in [3.05, 3.63) is 64.7 Å². The van der Waals surface area contributed by atoms with Crippen molar-refractivity contribution in [2.24, 2.45) is 5.10 Å². The van der Waals surface area contributed by atoms with E-state index in [1.54, 1.807) is 6.21 Å². The Bertz CT molecular complexity index is 696. The van der Waals surface area contributed by atoms with Crippen LogP contribution in [0.25, 0.3) is 0 Å². The molecule has 0 fully saturated rings. The first-order chi connectivity index (χ1) is 11.5. The van der Waals surface area contributed by atoms with E-state index in [1.807, 2.05) is 43.3 Å². The van der Waals surface area contributed by atoms with Crippen LogP contribution in [-0.2, 0) is 4.79 Å². The second kappa shape index (κ2) is 8.90. The van der Waals surface area contributed by atoms with Crippen LogP contribution in [0.4, 0.5) is 0 Å². The summed E-state index contributed by atoms with van der Waals surface area (Å²) in [4.78, 5) is 13.1.